The summed E-state index contributed by atoms with van der Waals surface area (Å²) in [5.41, 5.74) is 21.6. The fraction of sp³-hybridized carbons (Fsp3) is 0.103. The highest BCUT2D eigenvalue weighted by molar-refractivity contribution is 5.89. The van der Waals surface area contributed by atoms with Crippen LogP contribution in [-0.4, -0.2) is 0 Å². The van der Waals surface area contributed by atoms with Gasteiger partial charge in [-0.15, -0.1) is 0 Å². The normalized spacial score (nSPS) is 14.0. The van der Waals surface area contributed by atoms with Gasteiger partial charge in [0.2, 0.25) is 0 Å². The van der Waals surface area contributed by atoms with E-state index in [1.165, 1.54) is 88.7 Å². The maximum Gasteiger partial charge on any atom is 0.0462 e. The zero-order chi connectivity index (χ0) is 39.9. The van der Waals surface area contributed by atoms with E-state index in [1.807, 2.05) is 0 Å². The molecular formula is C58H45N. The van der Waals surface area contributed by atoms with Crippen LogP contribution in [0.2, 0.25) is 0 Å². The monoisotopic (exact) mass is 755 g/mol. The second kappa shape index (κ2) is 13.3. The van der Waals surface area contributed by atoms with E-state index in [-0.39, 0.29) is 10.8 Å². The molecule has 1 heteroatoms. The molecule has 0 bridgehead atoms. The van der Waals surface area contributed by atoms with Crippen LogP contribution in [0.3, 0.4) is 0 Å². The van der Waals surface area contributed by atoms with E-state index in [4.69, 9.17) is 0 Å². The summed E-state index contributed by atoms with van der Waals surface area (Å²) >= 11 is 0. The van der Waals surface area contributed by atoms with Crippen molar-refractivity contribution < 1.29 is 0 Å². The Morgan fingerprint density at radius 3 is 1.07 bits per heavy atom. The molecule has 0 atom stereocenters. The van der Waals surface area contributed by atoms with Crippen LogP contribution >= 0.6 is 0 Å². The van der Waals surface area contributed by atoms with E-state index in [1.54, 1.807) is 0 Å². The van der Waals surface area contributed by atoms with E-state index in [0.717, 1.165) is 17.1 Å². The van der Waals surface area contributed by atoms with Crippen molar-refractivity contribution in [2.75, 3.05) is 4.90 Å². The number of hydrogen-bond donors (Lipinski definition) is 0. The third-order valence-corrected chi connectivity index (χ3v) is 13.3. The molecule has 0 unspecified atom stereocenters. The van der Waals surface area contributed by atoms with Crippen LogP contribution < -0.4 is 4.90 Å². The van der Waals surface area contributed by atoms with E-state index in [0.29, 0.717) is 0 Å². The smallest absolute Gasteiger partial charge is 0.0462 e. The standard InChI is InChI=1S/C58H45N/c1-57(2)53-15-9-7-13-49(53)51-33-25-44(36-55(51)57)40-21-29-47(30-22-40)59(46-27-19-39(20-28-46)43-18-17-38-11-5-6-12-42(38)35-43)48-31-23-41(24-32-48)45-26-34-52-50-14-8-10-16-54(50)58(3,4)56(52)37-45/h5-37H,1-4H3. The van der Waals surface area contributed by atoms with E-state index in [2.05, 4.69) is 233 Å². The Balaban J connectivity index is 0.953. The third-order valence-electron chi connectivity index (χ3n) is 13.3. The lowest BCUT2D eigenvalue weighted by atomic mass is 9.81. The molecular weight excluding hydrogens is 711 g/mol. The van der Waals surface area contributed by atoms with Crippen LogP contribution in [-0.2, 0) is 10.8 Å². The van der Waals surface area contributed by atoms with E-state index < -0.39 is 0 Å². The number of benzene rings is 9. The first-order chi connectivity index (χ1) is 28.7. The summed E-state index contributed by atoms with van der Waals surface area (Å²) < 4.78 is 0. The molecule has 9 aromatic carbocycles. The average molecular weight is 756 g/mol. The minimum absolute atomic E-state index is 0.0369. The lowest BCUT2D eigenvalue weighted by Crippen LogP contribution is -2.14. The van der Waals surface area contributed by atoms with Crippen molar-refractivity contribution in [2.45, 2.75) is 38.5 Å². The first-order valence-corrected chi connectivity index (χ1v) is 20.8. The van der Waals surface area contributed by atoms with Crippen molar-refractivity contribution >= 4 is 27.8 Å². The van der Waals surface area contributed by atoms with Gasteiger partial charge in [0.15, 0.2) is 0 Å². The van der Waals surface area contributed by atoms with Gasteiger partial charge in [-0.05, 0) is 143 Å². The maximum atomic E-state index is 2.41. The SMILES string of the molecule is CC1(C)c2ccccc2-c2ccc(-c3ccc(N(c4ccc(-c5ccc6c(c5)C(C)(C)c5ccccc5-6)cc4)c4ccc(-c5ccc6ccccc6c5)cc4)cc3)cc21. The Morgan fingerprint density at radius 2 is 0.610 bits per heavy atom. The summed E-state index contributed by atoms with van der Waals surface area (Å²) in [6.45, 7) is 9.40. The van der Waals surface area contributed by atoms with Crippen molar-refractivity contribution in [3.05, 3.63) is 222 Å². The first-order valence-electron chi connectivity index (χ1n) is 20.8. The molecule has 0 radical (unpaired) electrons. The van der Waals surface area contributed by atoms with Gasteiger partial charge in [0.1, 0.15) is 0 Å². The van der Waals surface area contributed by atoms with Crippen LogP contribution in [0.25, 0.3) is 66.4 Å². The fourth-order valence-corrected chi connectivity index (χ4v) is 9.99. The Bertz CT molecular complexity index is 2920. The number of fused-ring (bicyclic) bond motifs is 7. The van der Waals surface area contributed by atoms with Gasteiger partial charge in [-0.2, -0.15) is 0 Å². The second-order valence-electron chi connectivity index (χ2n) is 17.4. The summed E-state index contributed by atoms with van der Waals surface area (Å²) in [5.74, 6) is 0. The highest BCUT2D eigenvalue weighted by atomic mass is 15.1. The first kappa shape index (κ1) is 35.2. The molecule has 0 amide bonds. The van der Waals surface area contributed by atoms with E-state index >= 15 is 0 Å². The molecule has 1 nitrogen and oxygen atoms in total. The van der Waals surface area contributed by atoms with Gasteiger partial charge < -0.3 is 4.90 Å². The molecule has 282 valence electrons. The van der Waals surface area contributed by atoms with Gasteiger partial charge in [-0.3, -0.25) is 0 Å². The third kappa shape index (κ3) is 5.68. The van der Waals surface area contributed by atoms with Gasteiger partial charge in [0.25, 0.3) is 0 Å². The summed E-state index contributed by atoms with van der Waals surface area (Å²) in [6.07, 6.45) is 0. The fourth-order valence-electron chi connectivity index (χ4n) is 9.99. The molecule has 59 heavy (non-hydrogen) atoms. The zero-order valence-corrected chi connectivity index (χ0v) is 34.0. The molecule has 11 rings (SSSR count). The molecule has 0 saturated heterocycles. The topological polar surface area (TPSA) is 3.24 Å². The molecule has 0 aromatic heterocycles. The van der Waals surface area contributed by atoms with Crippen molar-refractivity contribution in [3.8, 4) is 55.6 Å². The quantitative estimate of drug-likeness (QED) is 0.163. The Hall–Kier alpha value is -6.96. The molecule has 0 saturated carbocycles. The maximum absolute atomic E-state index is 2.41. The average Bonchev–Trinajstić information content (AvgIpc) is 3.66. The van der Waals surface area contributed by atoms with Crippen molar-refractivity contribution in [2.24, 2.45) is 0 Å². The summed E-state index contributed by atoms with van der Waals surface area (Å²) in [7, 11) is 0. The summed E-state index contributed by atoms with van der Waals surface area (Å²) in [6, 6.07) is 74.3. The van der Waals surface area contributed by atoms with Crippen molar-refractivity contribution in [1.82, 2.24) is 0 Å². The minimum Gasteiger partial charge on any atom is -0.311 e. The zero-order valence-electron chi connectivity index (χ0n) is 34.0. The molecule has 2 aliphatic carbocycles. The molecule has 9 aromatic rings. The Kier molecular flexibility index (Phi) is 7.94. The Labute approximate surface area is 347 Å². The lowest BCUT2D eigenvalue weighted by molar-refractivity contribution is 0.660. The highest BCUT2D eigenvalue weighted by Crippen LogP contribution is 2.51. The molecule has 0 N–H and O–H groups in total. The van der Waals surface area contributed by atoms with E-state index in [9.17, 15) is 0 Å². The number of hydrogen-bond acceptors (Lipinski definition) is 1. The second-order valence-corrected chi connectivity index (χ2v) is 17.4. The van der Waals surface area contributed by atoms with Gasteiger partial charge in [-0.1, -0.05) is 173 Å². The van der Waals surface area contributed by atoms with Crippen LogP contribution in [0.15, 0.2) is 200 Å². The number of nitrogens with zero attached hydrogens (tertiary/aromatic N) is 1. The number of rotatable bonds is 6. The van der Waals surface area contributed by atoms with Gasteiger partial charge in [0, 0.05) is 27.9 Å². The van der Waals surface area contributed by atoms with Crippen LogP contribution in [0.5, 0.6) is 0 Å². The molecule has 0 aliphatic heterocycles. The Morgan fingerprint density at radius 1 is 0.271 bits per heavy atom. The van der Waals surface area contributed by atoms with Gasteiger partial charge >= 0.3 is 0 Å². The highest BCUT2D eigenvalue weighted by Gasteiger charge is 2.36. The molecule has 0 heterocycles. The molecule has 0 fully saturated rings. The van der Waals surface area contributed by atoms with Crippen LogP contribution in [0.1, 0.15) is 49.9 Å². The lowest BCUT2D eigenvalue weighted by Gasteiger charge is -2.26. The predicted molar refractivity (Wildman–Crippen MR) is 250 cm³/mol. The molecule has 2 aliphatic rings. The minimum atomic E-state index is -0.0369. The van der Waals surface area contributed by atoms with Crippen LogP contribution in [0.4, 0.5) is 17.1 Å². The summed E-state index contributed by atoms with van der Waals surface area (Å²) in [4.78, 5) is 2.38. The van der Waals surface area contributed by atoms with Gasteiger partial charge in [0.05, 0.1) is 0 Å². The van der Waals surface area contributed by atoms with Crippen molar-refractivity contribution in [1.29, 1.82) is 0 Å². The number of anilines is 3. The molecule has 0 spiro atoms. The van der Waals surface area contributed by atoms with Crippen LogP contribution in [0, 0.1) is 0 Å². The predicted octanol–water partition coefficient (Wildman–Crippen LogP) is 15.9. The largest absolute Gasteiger partial charge is 0.311 e. The van der Waals surface area contributed by atoms with Gasteiger partial charge in [-0.25, -0.2) is 0 Å². The summed E-state index contributed by atoms with van der Waals surface area (Å²) in [5, 5.41) is 2.51. The van der Waals surface area contributed by atoms with Crippen molar-refractivity contribution in [3.63, 3.8) is 0 Å².